The van der Waals surface area contributed by atoms with Crippen LogP contribution < -0.4 is 5.56 Å². The van der Waals surface area contributed by atoms with Crippen molar-refractivity contribution in [2.75, 3.05) is 0 Å². The zero-order valence-electron chi connectivity index (χ0n) is 10.7. The molecule has 0 radical (unpaired) electrons. The number of aryl methyl sites for hydroxylation is 1. The topological polar surface area (TPSA) is 59.3 Å². The fourth-order valence-corrected chi connectivity index (χ4v) is 2.78. The average molecular weight is 249 g/mol. The van der Waals surface area contributed by atoms with Crippen LogP contribution in [-0.2, 0) is 0 Å². The van der Waals surface area contributed by atoms with E-state index in [4.69, 9.17) is 5.11 Å². The third-order valence-corrected chi connectivity index (χ3v) is 3.74. The number of nitrogens with zero attached hydrogens (tertiary/aromatic N) is 1. The summed E-state index contributed by atoms with van der Waals surface area (Å²) in [6, 6.07) is 3.31. The Bertz CT molecular complexity index is 496. The molecule has 0 aromatic carbocycles. The fraction of sp³-hybridized carbons (Fsp3) is 0.571. The lowest BCUT2D eigenvalue weighted by Gasteiger charge is -2.20. The molecule has 1 aromatic heterocycles. The Hall–Kier alpha value is -1.58. The van der Waals surface area contributed by atoms with Crippen LogP contribution in [-0.4, -0.2) is 15.6 Å². The van der Waals surface area contributed by atoms with Crippen molar-refractivity contribution in [3.63, 3.8) is 0 Å². The standard InChI is InChI=1S/C14H19NO3/c1-10-8-9-12(14(17)18)13(16)15(10)11-6-4-2-3-5-7-11/h8-9,11H,2-7H2,1H3,(H,17,18). The fourth-order valence-electron chi connectivity index (χ4n) is 2.78. The van der Waals surface area contributed by atoms with Crippen LogP contribution in [0.4, 0.5) is 0 Å². The van der Waals surface area contributed by atoms with Gasteiger partial charge in [-0.2, -0.15) is 0 Å². The number of aromatic carboxylic acids is 1. The molecule has 1 aliphatic rings. The van der Waals surface area contributed by atoms with Gasteiger partial charge in [-0.05, 0) is 31.9 Å². The molecule has 1 saturated carbocycles. The van der Waals surface area contributed by atoms with Crippen LogP contribution in [0.15, 0.2) is 16.9 Å². The summed E-state index contributed by atoms with van der Waals surface area (Å²) < 4.78 is 1.69. The monoisotopic (exact) mass is 249 g/mol. The molecule has 0 amide bonds. The van der Waals surface area contributed by atoms with E-state index in [2.05, 4.69) is 0 Å². The average Bonchev–Trinajstić information content (AvgIpc) is 2.57. The zero-order valence-corrected chi connectivity index (χ0v) is 10.7. The molecule has 1 fully saturated rings. The van der Waals surface area contributed by atoms with E-state index in [9.17, 15) is 9.59 Å². The van der Waals surface area contributed by atoms with Crippen molar-refractivity contribution in [2.45, 2.75) is 51.5 Å². The van der Waals surface area contributed by atoms with Crippen LogP contribution in [0.2, 0.25) is 0 Å². The second-order valence-corrected chi connectivity index (χ2v) is 5.01. The molecule has 2 rings (SSSR count). The number of carboxylic acids is 1. The van der Waals surface area contributed by atoms with Gasteiger partial charge in [-0.3, -0.25) is 4.79 Å². The predicted molar refractivity (Wildman–Crippen MR) is 69.1 cm³/mol. The first-order valence-corrected chi connectivity index (χ1v) is 6.56. The molecule has 0 saturated heterocycles. The third-order valence-electron chi connectivity index (χ3n) is 3.74. The molecule has 98 valence electrons. The Balaban J connectivity index is 2.45. The Morgan fingerprint density at radius 1 is 1.22 bits per heavy atom. The molecule has 1 N–H and O–H groups in total. The SMILES string of the molecule is Cc1ccc(C(=O)O)c(=O)n1C1CCCCCC1. The van der Waals surface area contributed by atoms with Gasteiger partial charge in [-0.1, -0.05) is 25.7 Å². The van der Waals surface area contributed by atoms with Crippen LogP contribution in [0.3, 0.4) is 0 Å². The van der Waals surface area contributed by atoms with Crippen LogP contribution in [0.5, 0.6) is 0 Å². The highest BCUT2D eigenvalue weighted by atomic mass is 16.4. The lowest BCUT2D eigenvalue weighted by Crippen LogP contribution is -2.31. The molecule has 4 heteroatoms. The Kier molecular flexibility index (Phi) is 3.84. The molecule has 0 aliphatic heterocycles. The van der Waals surface area contributed by atoms with Crippen LogP contribution in [0.1, 0.15) is 60.6 Å². The first-order valence-electron chi connectivity index (χ1n) is 6.56. The van der Waals surface area contributed by atoms with E-state index in [-0.39, 0.29) is 17.2 Å². The highest BCUT2D eigenvalue weighted by molar-refractivity contribution is 5.87. The summed E-state index contributed by atoms with van der Waals surface area (Å²) >= 11 is 0. The maximum Gasteiger partial charge on any atom is 0.341 e. The number of aromatic nitrogens is 1. The molecule has 18 heavy (non-hydrogen) atoms. The number of pyridine rings is 1. The van der Waals surface area contributed by atoms with Crippen molar-refractivity contribution in [2.24, 2.45) is 0 Å². The summed E-state index contributed by atoms with van der Waals surface area (Å²) in [5.41, 5.74) is 0.385. The summed E-state index contributed by atoms with van der Waals surface area (Å²) in [5.74, 6) is -1.14. The van der Waals surface area contributed by atoms with Crippen LogP contribution >= 0.6 is 0 Å². The molecule has 0 atom stereocenters. The van der Waals surface area contributed by atoms with E-state index in [0.29, 0.717) is 0 Å². The Labute approximate surface area is 106 Å². The van der Waals surface area contributed by atoms with E-state index in [1.54, 1.807) is 10.6 Å². The highest BCUT2D eigenvalue weighted by Gasteiger charge is 2.20. The van der Waals surface area contributed by atoms with Crippen LogP contribution in [0.25, 0.3) is 0 Å². The van der Waals surface area contributed by atoms with Crippen molar-refractivity contribution >= 4 is 5.97 Å². The quantitative estimate of drug-likeness (QED) is 0.820. The molecule has 1 aromatic rings. The molecule has 4 nitrogen and oxygen atoms in total. The normalized spacial score (nSPS) is 17.4. The number of carbonyl (C=O) groups is 1. The number of rotatable bonds is 2. The van der Waals surface area contributed by atoms with Crippen molar-refractivity contribution in [3.05, 3.63) is 33.7 Å². The van der Waals surface area contributed by atoms with E-state index < -0.39 is 5.97 Å². The summed E-state index contributed by atoms with van der Waals surface area (Å²) in [6.45, 7) is 1.87. The van der Waals surface area contributed by atoms with Gasteiger partial charge in [-0.25, -0.2) is 4.79 Å². The van der Waals surface area contributed by atoms with Crippen molar-refractivity contribution in [1.82, 2.24) is 4.57 Å². The summed E-state index contributed by atoms with van der Waals surface area (Å²) in [7, 11) is 0. The van der Waals surface area contributed by atoms with Crippen molar-refractivity contribution < 1.29 is 9.90 Å². The molecule has 0 bridgehead atoms. The van der Waals surface area contributed by atoms with Gasteiger partial charge in [0, 0.05) is 11.7 Å². The van der Waals surface area contributed by atoms with Gasteiger partial charge in [0.25, 0.3) is 5.56 Å². The maximum absolute atomic E-state index is 12.2. The lowest BCUT2D eigenvalue weighted by atomic mass is 10.1. The molecule has 1 heterocycles. The van der Waals surface area contributed by atoms with Gasteiger partial charge in [0.2, 0.25) is 0 Å². The molecular weight excluding hydrogens is 230 g/mol. The van der Waals surface area contributed by atoms with Crippen molar-refractivity contribution in [1.29, 1.82) is 0 Å². The molecule has 0 spiro atoms. The van der Waals surface area contributed by atoms with E-state index >= 15 is 0 Å². The first-order chi connectivity index (χ1) is 8.61. The smallest absolute Gasteiger partial charge is 0.341 e. The minimum Gasteiger partial charge on any atom is -0.477 e. The van der Waals surface area contributed by atoms with Gasteiger partial charge in [-0.15, -0.1) is 0 Å². The van der Waals surface area contributed by atoms with E-state index in [0.717, 1.165) is 31.4 Å². The van der Waals surface area contributed by atoms with Crippen LogP contribution in [0, 0.1) is 6.92 Å². The Morgan fingerprint density at radius 2 is 1.83 bits per heavy atom. The molecule has 1 aliphatic carbocycles. The maximum atomic E-state index is 12.2. The highest BCUT2D eigenvalue weighted by Crippen LogP contribution is 2.26. The van der Waals surface area contributed by atoms with Gasteiger partial charge in [0.05, 0.1) is 0 Å². The number of hydrogen-bond donors (Lipinski definition) is 1. The summed E-state index contributed by atoms with van der Waals surface area (Å²) in [6.07, 6.45) is 6.61. The van der Waals surface area contributed by atoms with Gasteiger partial charge in [0.15, 0.2) is 0 Å². The largest absolute Gasteiger partial charge is 0.477 e. The Morgan fingerprint density at radius 3 is 2.39 bits per heavy atom. The third kappa shape index (κ3) is 2.47. The molecule has 0 unspecified atom stereocenters. The number of carboxylic acid groups (broad SMARTS) is 1. The minimum atomic E-state index is -1.14. The van der Waals surface area contributed by atoms with Gasteiger partial charge in [0.1, 0.15) is 5.56 Å². The second-order valence-electron chi connectivity index (χ2n) is 5.01. The minimum absolute atomic E-state index is 0.121. The van der Waals surface area contributed by atoms with Crippen molar-refractivity contribution in [3.8, 4) is 0 Å². The van der Waals surface area contributed by atoms with Gasteiger partial charge >= 0.3 is 5.97 Å². The lowest BCUT2D eigenvalue weighted by molar-refractivity contribution is 0.0694. The zero-order chi connectivity index (χ0) is 13.1. The predicted octanol–water partition coefficient (Wildman–Crippen LogP) is 2.75. The first kappa shape index (κ1) is 12.9. The van der Waals surface area contributed by atoms with E-state index in [1.807, 2.05) is 6.92 Å². The number of hydrogen-bond acceptors (Lipinski definition) is 2. The summed E-state index contributed by atoms with van der Waals surface area (Å²) in [4.78, 5) is 23.2. The summed E-state index contributed by atoms with van der Waals surface area (Å²) in [5, 5.41) is 9.02. The van der Waals surface area contributed by atoms with E-state index in [1.165, 1.54) is 18.9 Å². The molecular formula is C14H19NO3. The second kappa shape index (κ2) is 5.38. The van der Waals surface area contributed by atoms with Gasteiger partial charge < -0.3 is 9.67 Å².